The van der Waals surface area contributed by atoms with Crippen LogP contribution in [0, 0.1) is 28.7 Å². The highest BCUT2D eigenvalue weighted by atomic mass is 32.1. The lowest BCUT2D eigenvalue weighted by Crippen LogP contribution is -2.33. The van der Waals surface area contributed by atoms with Gasteiger partial charge in [0.1, 0.15) is 5.82 Å². The van der Waals surface area contributed by atoms with Crippen LogP contribution >= 0.6 is 12.8 Å². The molecular formula is C24H25F4N3S. The van der Waals surface area contributed by atoms with E-state index in [9.17, 15) is 17.6 Å². The smallest absolute Gasteiger partial charge is 0.194 e. The molecule has 1 atom stereocenters. The van der Waals surface area contributed by atoms with Crippen LogP contribution in [0.5, 0.6) is 0 Å². The van der Waals surface area contributed by atoms with E-state index in [4.69, 9.17) is 5.73 Å². The molecular weight excluding hydrogens is 438 g/mol. The predicted octanol–water partition coefficient (Wildman–Crippen LogP) is 5.95. The second-order valence-electron chi connectivity index (χ2n) is 7.85. The van der Waals surface area contributed by atoms with E-state index >= 15 is 0 Å². The van der Waals surface area contributed by atoms with Gasteiger partial charge >= 0.3 is 0 Å². The molecule has 0 fully saturated rings. The normalized spacial score (nSPS) is 21.2. The first-order valence-corrected chi connectivity index (χ1v) is 10.7. The van der Waals surface area contributed by atoms with Gasteiger partial charge in [0, 0.05) is 6.54 Å². The van der Waals surface area contributed by atoms with Crippen LogP contribution < -0.4 is 10.5 Å². The largest absolute Gasteiger partial charge is 0.404 e. The molecule has 0 saturated carbocycles. The molecule has 3 nitrogen and oxygen atoms in total. The summed E-state index contributed by atoms with van der Waals surface area (Å²) < 4.78 is 57.3. The number of nitrogens with two attached hydrogens (primary N) is 1. The fourth-order valence-corrected chi connectivity index (χ4v) is 4.28. The summed E-state index contributed by atoms with van der Waals surface area (Å²) in [5.41, 5.74) is 8.80. The number of benzene rings is 2. The highest BCUT2D eigenvalue weighted by molar-refractivity contribution is 7.78. The van der Waals surface area contributed by atoms with Crippen LogP contribution in [0.3, 0.4) is 0 Å². The van der Waals surface area contributed by atoms with E-state index in [1.807, 2.05) is 13.0 Å². The van der Waals surface area contributed by atoms with E-state index in [1.54, 1.807) is 12.1 Å². The number of nitrogens with zero attached hydrogens (tertiary/aromatic N) is 1. The maximum Gasteiger partial charge on any atom is 0.194 e. The van der Waals surface area contributed by atoms with Crippen molar-refractivity contribution < 1.29 is 17.6 Å². The van der Waals surface area contributed by atoms with Gasteiger partial charge in [-0.2, -0.15) is 0 Å². The number of hydrogen-bond acceptors (Lipinski definition) is 4. The van der Waals surface area contributed by atoms with Crippen LogP contribution in [0.2, 0.25) is 0 Å². The molecule has 8 heteroatoms. The Hall–Kier alpha value is -2.58. The molecule has 0 spiro atoms. The van der Waals surface area contributed by atoms with Gasteiger partial charge in [0.15, 0.2) is 17.5 Å². The summed E-state index contributed by atoms with van der Waals surface area (Å²) >= 11 is 4.08. The molecule has 1 unspecified atom stereocenters. The number of nitrogens with one attached hydrogen (secondary N) is 1. The van der Waals surface area contributed by atoms with E-state index in [0.29, 0.717) is 49.2 Å². The predicted molar refractivity (Wildman–Crippen MR) is 123 cm³/mol. The monoisotopic (exact) mass is 463 g/mol. The fraction of sp³-hybridized carbons (Fsp3) is 0.292. The molecule has 0 aliphatic heterocycles. The summed E-state index contributed by atoms with van der Waals surface area (Å²) in [6.07, 6.45) is 5.46. The number of allylic oxidation sites excluding steroid dienone is 2. The van der Waals surface area contributed by atoms with Gasteiger partial charge in [0.2, 0.25) is 0 Å². The minimum absolute atomic E-state index is 0.303. The first-order chi connectivity index (χ1) is 15.3. The van der Waals surface area contributed by atoms with Crippen molar-refractivity contribution in [3.8, 4) is 0 Å². The van der Waals surface area contributed by atoms with Gasteiger partial charge < -0.3 is 5.73 Å². The zero-order chi connectivity index (χ0) is 23.3. The zero-order valence-electron chi connectivity index (χ0n) is 17.6. The average molecular weight is 464 g/mol. The molecule has 32 heavy (non-hydrogen) atoms. The Bertz CT molecular complexity index is 1040. The van der Waals surface area contributed by atoms with E-state index in [1.165, 1.54) is 18.3 Å². The number of rotatable bonds is 7. The molecule has 0 amide bonds. The highest BCUT2D eigenvalue weighted by Gasteiger charge is 2.38. The summed E-state index contributed by atoms with van der Waals surface area (Å²) in [4.78, 5) is 4.63. The van der Waals surface area contributed by atoms with E-state index in [2.05, 4.69) is 22.5 Å². The van der Waals surface area contributed by atoms with Crippen molar-refractivity contribution in [3.63, 3.8) is 0 Å². The highest BCUT2D eigenvalue weighted by Crippen LogP contribution is 2.46. The van der Waals surface area contributed by atoms with E-state index in [-0.39, 0.29) is 5.82 Å². The van der Waals surface area contributed by atoms with Crippen molar-refractivity contribution in [2.24, 2.45) is 16.1 Å². The average Bonchev–Trinajstić information content (AvgIpc) is 2.78. The van der Waals surface area contributed by atoms with Gasteiger partial charge in [-0.15, -0.1) is 0 Å². The molecule has 0 radical (unpaired) electrons. The topological polar surface area (TPSA) is 50.4 Å². The molecule has 170 valence electrons. The summed E-state index contributed by atoms with van der Waals surface area (Å²) in [6, 6.07) is 7.89. The number of thiol groups is 1. The van der Waals surface area contributed by atoms with E-state index < -0.39 is 22.9 Å². The molecule has 3 N–H and O–H groups in total. The molecule has 0 bridgehead atoms. The molecule has 3 rings (SSSR count). The summed E-state index contributed by atoms with van der Waals surface area (Å²) in [5, 5.41) is 0. The molecule has 0 saturated heterocycles. The van der Waals surface area contributed by atoms with Crippen LogP contribution in [0.15, 0.2) is 64.8 Å². The van der Waals surface area contributed by atoms with Crippen LogP contribution in [-0.4, -0.2) is 12.3 Å². The lowest BCUT2D eigenvalue weighted by molar-refractivity contribution is 0.321. The Kier molecular flexibility index (Phi) is 7.79. The second kappa shape index (κ2) is 10.4. The Morgan fingerprint density at radius 3 is 2.34 bits per heavy atom. The molecule has 1 aliphatic carbocycles. The number of aliphatic imine (C=N–C) groups is 1. The lowest BCUT2D eigenvalue weighted by Gasteiger charge is -2.40. The van der Waals surface area contributed by atoms with Crippen molar-refractivity contribution in [1.82, 2.24) is 4.72 Å². The SMILES string of the molecule is CCC1(Cc2cc(F)c(F)c(F)c2)CC(=CN)C(=Nc2ccc(F)cc2)C=C1CCNS. The van der Waals surface area contributed by atoms with Crippen LogP contribution in [0.4, 0.5) is 23.2 Å². The quantitative estimate of drug-likeness (QED) is 0.270. The molecule has 2 aromatic rings. The second-order valence-corrected chi connectivity index (χ2v) is 8.17. The summed E-state index contributed by atoms with van der Waals surface area (Å²) in [7, 11) is 0. The van der Waals surface area contributed by atoms with Crippen LogP contribution in [-0.2, 0) is 6.42 Å². The van der Waals surface area contributed by atoms with Crippen molar-refractivity contribution in [1.29, 1.82) is 0 Å². The lowest BCUT2D eigenvalue weighted by atomic mass is 9.64. The van der Waals surface area contributed by atoms with Gasteiger partial charge in [-0.05, 0) is 90.9 Å². The number of hydrogen-bond donors (Lipinski definition) is 3. The zero-order valence-corrected chi connectivity index (χ0v) is 18.5. The Morgan fingerprint density at radius 2 is 1.78 bits per heavy atom. The minimum atomic E-state index is -1.48. The van der Waals surface area contributed by atoms with Crippen molar-refractivity contribution in [2.45, 2.75) is 32.6 Å². The van der Waals surface area contributed by atoms with Gasteiger partial charge in [0.05, 0.1) is 11.4 Å². The van der Waals surface area contributed by atoms with Crippen molar-refractivity contribution in [3.05, 3.63) is 88.7 Å². The standard InChI is InChI=1S/C24H25F4N3S/c1-2-24(12-15-9-20(26)23(28)21(27)10-15)13-16(14-29)22(11-17(24)7-8-30-32)31-19-5-3-18(25)4-6-19/h3-6,9-11,14,30,32H,2,7-8,12-13,29H2,1H3. The number of halogens is 4. The van der Waals surface area contributed by atoms with Crippen molar-refractivity contribution in [2.75, 3.05) is 6.54 Å². The maximum absolute atomic E-state index is 13.9. The Balaban J connectivity index is 2.07. The minimum Gasteiger partial charge on any atom is -0.404 e. The van der Waals surface area contributed by atoms with Crippen LogP contribution in [0.1, 0.15) is 31.7 Å². The molecule has 0 heterocycles. The fourth-order valence-electron chi connectivity index (χ4n) is 4.16. The van der Waals surface area contributed by atoms with Crippen molar-refractivity contribution >= 4 is 24.2 Å². The van der Waals surface area contributed by atoms with Crippen LogP contribution in [0.25, 0.3) is 0 Å². The third-order valence-corrected chi connectivity index (χ3v) is 6.12. The third-order valence-electron chi connectivity index (χ3n) is 5.90. The van der Waals surface area contributed by atoms with Gasteiger partial charge in [-0.3, -0.25) is 4.72 Å². The van der Waals surface area contributed by atoms with Gasteiger partial charge in [-0.1, -0.05) is 25.3 Å². The van der Waals surface area contributed by atoms with Gasteiger partial charge in [0.25, 0.3) is 0 Å². The van der Waals surface area contributed by atoms with E-state index in [0.717, 1.165) is 23.3 Å². The van der Waals surface area contributed by atoms with Gasteiger partial charge in [-0.25, -0.2) is 22.6 Å². The Morgan fingerprint density at radius 1 is 1.12 bits per heavy atom. The summed E-state index contributed by atoms with van der Waals surface area (Å²) in [6.45, 7) is 2.56. The first kappa shape index (κ1) is 24.1. The summed E-state index contributed by atoms with van der Waals surface area (Å²) in [5.74, 6) is -4.25. The Labute approximate surface area is 190 Å². The first-order valence-electron chi connectivity index (χ1n) is 10.3. The molecule has 2 aromatic carbocycles. The molecule has 0 aromatic heterocycles. The molecule has 1 aliphatic rings. The maximum atomic E-state index is 13.9. The third kappa shape index (κ3) is 5.24.